The fraction of sp³-hybridized carbons (Fsp3) is 0.533. The maximum atomic E-state index is 12.2. The lowest BCUT2D eigenvalue weighted by Gasteiger charge is -2.17. The van der Waals surface area contributed by atoms with Crippen LogP contribution in [-0.2, 0) is 21.4 Å². The lowest BCUT2D eigenvalue weighted by atomic mass is 9.95. The quantitative estimate of drug-likeness (QED) is 0.714. The molecule has 0 aromatic heterocycles. The molecule has 1 aliphatic carbocycles. The average molecular weight is 362 g/mol. The van der Waals surface area contributed by atoms with E-state index < -0.39 is 10.0 Å². The first-order valence-corrected chi connectivity index (χ1v) is 9.32. The van der Waals surface area contributed by atoms with Crippen LogP contribution in [0.1, 0.15) is 24.8 Å². The van der Waals surface area contributed by atoms with Gasteiger partial charge in [0.15, 0.2) is 0 Å². The van der Waals surface area contributed by atoms with Crippen LogP contribution >= 0.6 is 12.4 Å². The van der Waals surface area contributed by atoms with E-state index >= 15 is 0 Å². The molecular weight excluding hydrogens is 338 g/mol. The second kappa shape index (κ2) is 8.52. The number of carbonyl (C=O) groups excluding carboxylic acids is 1. The molecular formula is C15H24ClN3O3S. The first kappa shape index (κ1) is 19.7. The molecule has 23 heavy (non-hydrogen) atoms. The molecule has 0 unspecified atom stereocenters. The maximum absolute atomic E-state index is 12.2. The Bertz CT molecular complexity index is 619. The summed E-state index contributed by atoms with van der Waals surface area (Å²) >= 11 is 0. The van der Waals surface area contributed by atoms with E-state index in [-0.39, 0.29) is 24.2 Å². The van der Waals surface area contributed by atoms with Crippen molar-refractivity contribution in [3.63, 3.8) is 0 Å². The van der Waals surface area contributed by atoms with Crippen molar-refractivity contribution < 1.29 is 13.2 Å². The van der Waals surface area contributed by atoms with Crippen molar-refractivity contribution in [2.24, 2.45) is 17.6 Å². The van der Waals surface area contributed by atoms with E-state index in [1.54, 1.807) is 24.3 Å². The van der Waals surface area contributed by atoms with Crippen molar-refractivity contribution in [3.8, 4) is 0 Å². The summed E-state index contributed by atoms with van der Waals surface area (Å²) in [6, 6.07) is 6.95. The number of nitrogens with two attached hydrogens (primary N) is 1. The minimum atomic E-state index is -3.27. The summed E-state index contributed by atoms with van der Waals surface area (Å²) < 4.78 is 24.7. The highest BCUT2D eigenvalue weighted by Gasteiger charge is 2.31. The summed E-state index contributed by atoms with van der Waals surface area (Å²) in [6.45, 7) is 0.996. The van der Waals surface area contributed by atoms with Gasteiger partial charge in [0.05, 0.1) is 6.26 Å². The molecule has 130 valence electrons. The van der Waals surface area contributed by atoms with Gasteiger partial charge in [0.2, 0.25) is 15.9 Å². The van der Waals surface area contributed by atoms with Crippen LogP contribution in [0.2, 0.25) is 0 Å². The topological polar surface area (TPSA) is 101 Å². The first-order valence-electron chi connectivity index (χ1n) is 7.43. The predicted molar refractivity (Wildman–Crippen MR) is 93.9 cm³/mol. The Morgan fingerprint density at radius 3 is 2.48 bits per heavy atom. The van der Waals surface area contributed by atoms with E-state index in [4.69, 9.17) is 5.73 Å². The molecule has 0 saturated heterocycles. The normalized spacial score (nSPS) is 20.6. The Labute approximate surface area is 143 Å². The van der Waals surface area contributed by atoms with E-state index in [9.17, 15) is 13.2 Å². The number of carbonyl (C=O) groups is 1. The molecule has 1 fully saturated rings. The first-order chi connectivity index (χ1) is 10.4. The highest BCUT2D eigenvalue weighted by molar-refractivity contribution is 7.92. The fourth-order valence-electron chi connectivity index (χ4n) is 2.89. The van der Waals surface area contributed by atoms with E-state index in [2.05, 4.69) is 10.0 Å². The predicted octanol–water partition coefficient (Wildman–Crippen LogP) is 1.47. The van der Waals surface area contributed by atoms with Crippen LogP contribution in [-0.4, -0.2) is 27.1 Å². The third-order valence-corrected chi connectivity index (χ3v) is 4.63. The maximum Gasteiger partial charge on any atom is 0.229 e. The zero-order chi connectivity index (χ0) is 16.2. The standard InChI is InChI=1S/C15H23N3O3S.ClH/c1-22(20,21)18-13-7-5-11(6-8-13)10-17-15(19)14-4-2-3-12(14)9-16;/h5-8,12,14,18H,2-4,9-10,16H2,1H3,(H,17,19);1H/t12-,14-;/m1./s1. The summed E-state index contributed by atoms with van der Waals surface area (Å²) in [5, 5.41) is 2.94. The molecule has 8 heteroatoms. The van der Waals surface area contributed by atoms with Crippen LogP contribution in [0, 0.1) is 11.8 Å². The van der Waals surface area contributed by atoms with E-state index in [1.807, 2.05) is 0 Å². The van der Waals surface area contributed by atoms with Gasteiger partial charge in [-0.1, -0.05) is 18.6 Å². The van der Waals surface area contributed by atoms with Gasteiger partial charge in [0.1, 0.15) is 0 Å². The van der Waals surface area contributed by atoms with Crippen LogP contribution in [0.3, 0.4) is 0 Å². The summed E-state index contributed by atoms with van der Waals surface area (Å²) in [4.78, 5) is 12.2. The van der Waals surface area contributed by atoms with Crippen molar-refractivity contribution >= 4 is 34.0 Å². The molecule has 2 atom stereocenters. The van der Waals surface area contributed by atoms with Crippen molar-refractivity contribution in [2.45, 2.75) is 25.8 Å². The molecule has 0 spiro atoms. The molecule has 0 radical (unpaired) electrons. The van der Waals surface area contributed by atoms with E-state index in [1.165, 1.54) is 0 Å². The number of nitrogens with one attached hydrogen (secondary N) is 2. The third-order valence-electron chi connectivity index (χ3n) is 4.02. The summed E-state index contributed by atoms with van der Waals surface area (Å²) in [7, 11) is -3.27. The highest BCUT2D eigenvalue weighted by Crippen LogP contribution is 2.30. The molecule has 1 aromatic rings. The van der Waals surface area contributed by atoms with Crippen molar-refractivity contribution in [2.75, 3.05) is 17.5 Å². The van der Waals surface area contributed by atoms with Crippen LogP contribution in [0.15, 0.2) is 24.3 Å². The van der Waals surface area contributed by atoms with Gasteiger partial charge in [-0.05, 0) is 43.0 Å². The number of anilines is 1. The number of rotatable bonds is 6. The van der Waals surface area contributed by atoms with Crippen molar-refractivity contribution in [3.05, 3.63) is 29.8 Å². The van der Waals surface area contributed by atoms with E-state index in [0.29, 0.717) is 24.7 Å². The number of benzene rings is 1. The van der Waals surface area contributed by atoms with Crippen molar-refractivity contribution in [1.29, 1.82) is 0 Å². The highest BCUT2D eigenvalue weighted by atomic mass is 35.5. The molecule has 4 N–H and O–H groups in total. The van der Waals surface area contributed by atoms with Crippen LogP contribution in [0.5, 0.6) is 0 Å². The van der Waals surface area contributed by atoms with Gasteiger partial charge < -0.3 is 11.1 Å². The molecule has 1 aliphatic rings. The molecule has 0 aliphatic heterocycles. The van der Waals surface area contributed by atoms with Gasteiger partial charge in [-0.15, -0.1) is 12.4 Å². The Morgan fingerprint density at radius 2 is 1.91 bits per heavy atom. The lowest BCUT2D eigenvalue weighted by Crippen LogP contribution is -2.34. The number of halogens is 1. The molecule has 1 saturated carbocycles. The lowest BCUT2D eigenvalue weighted by molar-refractivity contribution is -0.126. The average Bonchev–Trinajstić information content (AvgIpc) is 2.93. The smallest absolute Gasteiger partial charge is 0.229 e. The number of amides is 1. The third kappa shape index (κ3) is 6.01. The number of sulfonamides is 1. The fourth-order valence-corrected chi connectivity index (χ4v) is 3.45. The molecule has 2 rings (SSSR count). The van der Waals surface area contributed by atoms with Crippen LogP contribution in [0.25, 0.3) is 0 Å². The Hall–Kier alpha value is -1.31. The molecule has 0 heterocycles. The minimum absolute atomic E-state index is 0. The van der Waals surface area contributed by atoms with Gasteiger partial charge in [-0.2, -0.15) is 0 Å². The second-order valence-electron chi connectivity index (χ2n) is 5.82. The number of hydrogen-bond donors (Lipinski definition) is 3. The summed E-state index contributed by atoms with van der Waals surface area (Å²) in [5.41, 5.74) is 7.14. The zero-order valence-electron chi connectivity index (χ0n) is 13.1. The second-order valence-corrected chi connectivity index (χ2v) is 7.57. The summed E-state index contributed by atoms with van der Waals surface area (Å²) in [6.07, 6.45) is 4.10. The van der Waals surface area contributed by atoms with Gasteiger partial charge >= 0.3 is 0 Å². The molecule has 6 nitrogen and oxygen atoms in total. The zero-order valence-corrected chi connectivity index (χ0v) is 14.8. The number of hydrogen-bond acceptors (Lipinski definition) is 4. The van der Waals surface area contributed by atoms with Crippen LogP contribution in [0.4, 0.5) is 5.69 Å². The van der Waals surface area contributed by atoms with Gasteiger partial charge in [0.25, 0.3) is 0 Å². The molecule has 0 bridgehead atoms. The van der Waals surface area contributed by atoms with Gasteiger partial charge in [-0.3, -0.25) is 9.52 Å². The van der Waals surface area contributed by atoms with Gasteiger partial charge in [-0.25, -0.2) is 8.42 Å². The SMILES string of the molecule is CS(=O)(=O)Nc1ccc(CNC(=O)[C@@H]2CCC[C@@H]2CN)cc1.Cl. The Balaban J connectivity index is 0.00000264. The minimum Gasteiger partial charge on any atom is -0.352 e. The van der Waals surface area contributed by atoms with Crippen molar-refractivity contribution in [1.82, 2.24) is 5.32 Å². The van der Waals surface area contributed by atoms with E-state index in [0.717, 1.165) is 31.1 Å². The molecule has 1 amide bonds. The Kier molecular flexibility index (Phi) is 7.31. The van der Waals surface area contributed by atoms with Crippen LogP contribution < -0.4 is 15.8 Å². The van der Waals surface area contributed by atoms with Gasteiger partial charge in [0, 0.05) is 18.2 Å². The largest absolute Gasteiger partial charge is 0.352 e. The summed E-state index contributed by atoms with van der Waals surface area (Å²) in [5.74, 6) is 0.379. The Morgan fingerprint density at radius 1 is 1.26 bits per heavy atom. The monoisotopic (exact) mass is 361 g/mol. The molecule has 1 aromatic carbocycles.